The summed E-state index contributed by atoms with van der Waals surface area (Å²) in [5, 5.41) is 2.51. The van der Waals surface area contributed by atoms with Crippen molar-refractivity contribution in [3.63, 3.8) is 0 Å². The van der Waals surface area contributed by atoms with Crippen LogP contribution in [0.25, 0.3) is 0 Å². The first-order valence-corrected chi connectivity index (χ1v) is 4.88. The van der Waals surface area contributed by atoms with Crippen molar-refractivity contribution in [2.24, 2.45) is 5.41 Å². The van der Waals surface area contributed by atoms with Crippen LogP contribution in [0, 0.1) is 5.41 Å². The Morgan fingerprint density at radius 3 is 2.50 bits per heavy atom. The fourth-order valence-corrected chi connectivity index (χ4v) is 2.23. The maximum absolute atomic E-state index is 13.1. The van der Waals surface area contributed by atoms with Crippen molar-refractivity contribution in [2.75, 3.05) is 46.4 Å². The van der Waals surface area contributed by atoms with Crippen LogP contribution in [0.1, 0.15) is 0 Å². The van der Waals surface area contributed by atoms with E-state index in [0.717, 1.165) is 26.3 Å². The highest BCUT2D eigenvalue weighted by Crippen LogP contribution is 2.38. The van der Waals surface area contributed by atoms with Crippen LogP contribution in [0.3, 0.4) is 0 Å². The lowest BCUT2D eigenvalue weighted by Crippen LogP contribution is -2.67. The predicted molar refractivity (Wildman–Crippen MR) is 48.6 cm³/mol. The van der Waals surface area contributed by atoms with Gasteiger partial charge in [0.15, 0.2) is 0 Å². The highest BCUT2D eigenvalue weighted by Gasteiger charge is 2.50. The van der Waals surface area contributed by atoms with Gasteiger partial charge in [0.05, 0.1) is 26.3 Å². The third-order valence-electron chi connectivity index (χ3n) is 2.82. The molecule has 2 fully saturated rings. The summed E-state index contributed by atoms with van der Waals surface area (Å²) >= 11 is 0. The second-order valence-electron chi connectivity index (χ2n) is 4.52. The summed E-state index contributed by atoms with van der Waals surface area (Å²) in [6.45, 7) is 2.67. The van der Waals surface area contributed by atoms with Crippen molar-refractivity contribution in [3.05, 3.63) is 0 Å². The zero-order chi connectivity index (χ0) is 10.2. The zero-order valence-electron chi connectivity index (χ0n) is 8.35. The van der Waals surface area contributed by atoms with Gasteiger partial charge >= 0.3 is 0 Å². The molecule has 5 heteroatoms. The van der Waals surface area contributed by atoms with Crippen molar-refractivity contribution >= 4 is 0 Å². The van der Waals surface area contributed by atoms with Crippen molar-refractivity contribution < 1.29 is 13.5 Å². The van der Waals surface area contributed by atoms with E-state index in [2.05, 4.69) is 5.32 Å². The number of nitrogens with one attached hydrogen (secondary N) is 1. The average Bonchev–Trinajstić information content (AvgIpc) is 1.91. The van der Waals surface area contributed by atoms with E-state index in [1.807, 2.05) is 0 Å². The monoisotopic (exact) mass is 206 g/mol. The third kappa shape index (κ3) is 1.89. The molecule has 0 aromatic rings. The van der Waals surface area contributed by atoms with E-state index in [-0.39, 0.29) is 18.5 Å². The lowest BCUT2D eigenvalue weighted by Gasteiger charge is -2.55. The van der Waals surface area contributed by atoms with E-state index in [1.165, 1.54) is 0 Å². The van der Waals surface area contributed by atoms with Crippen LogP contribution < -0.4 is 5.32 Å². The quantitative estimate of drug-likeness (QED) is 0.710. The Bertz CT molecular complexity index is 211. The summed E-state index contributed by atoms with van der Waals surface area (Å²) < 4.78 is 31.3. The maximum Gasteiger partial charge on any atom is 0.272 e. The smallest absolute Gasteiger partial charge is 0.272 e. The average molecular weight is 206 g/mol. The molecular weight excluding hydrogens is 190 g/mol. The molecule has 0 atom stereocenters. The predicted octanol–water partition coefficient (Wildman–Crippen LogP) is 0.173. The van der Waals surface area contributed by atoms with E-state index in [1.54, 1.807) is 11.9 Å². The minimum absolute atomic E-state index is 0.129. The Morgan fingerprint density at radius 2 is 2.07 bits per heavy atom. The lowest BCUT2D eigenvalue weighted by atomic mass is 9.78. The summed E-state index contributed by atoms with van der Waals surface area (Å²) in [5.74, 6) is -2.61. The van der Waals surface area contributed by atoms with Gasteiger partial charge < -0.3 is 10.1 Å². The van der Waals surface area contributed by atoms with Crippen LogP contribution in [0.2, 0.25) is 0 Å². The van der Waals surface area contributed by atoms with Crippen molar-refractivity contribution in [2.45, 2.75) is 5.92 Å². The fraction of sp³-hybridized carbons (Fsp3) is 1.00. The molecule has 1 spiro atoms. The molecule has 0 bridgehead atoms. The summed E-state index contributed by atoms with van der Waals surface area (Å²) in [7, 11) is 1.55. The highest BCUT2D eigenvalue weighted by molar-refractivity contribution is 5.00. The van der Waals surface area contributed by atoms with Gasteiger partial charge in [-0.2, -0.15) is 0 Å². The lowest BCUT2D eigenvalue weighted by molar-refractivity contribution is -0.202. The molecule has 0 aromatic carbocycles. The first kappa shape index (κ1) is 10.3. The van der Waals surface area contributed by atoms with Crippen LogP contribution in [0.5, 0.6) is 0 Å². The Balaban J connectivity index is 1.72. The molecule has 82 valence electrons. The number of halogens is 2. The first-order chi connectivity index (χ1) is 6.55. The molecule has 2 saturated heterocycles. The Morgan fingerprint density at radius 1 is 1.43 bits per heavy atom. The van der Waals surface area contributed by atoms with Crippen LogP contribution in [0.4, 0.5) is 8.78 Å². The van der Waals surface area contributed by atoms with Crippen molar-refractivity contribution in [1.82, 2.24) is 10.2 Å². The number of nitrogens with zero attached hydrogens (tertiary/aromatic N) is 1. The normalized spacial score (nSPS) is 25.9. The molecule has 0 amide bonds. The van der Waals surface area contributed by atoms with Crippen LogP contribution >= 0.6 is 0 Å². The Hall–Kier alpha value is -0.260. The van der Waals surface area contributed by atoms with E-state index >= 15 is 0 Å². The maximum atomic E-state index is 13.1. The fourth-order valence-electron chi connectivity index (χ4n) is 2.23. The topological polar surface area (TPSA) is 24.5 Å². The van der Waals surface area contributed by atoms with Gasteiger partial charge in [-0.25, -0.2) is 8.78 Å². The molecule has 14 heavy (non-hydrogen) atoms. The van der Waals surface area contributed by atoms with Gasteiger partial charge in [-0.3, -0.25) is 4.90 Å². The highest BCUT2D eigenvalue weighted by atomic mass is 19.3. The first-order valence-electron chi connectivity index (χ1n) is 4.88. The number of ether oxygens (including phenoxy) is 1. The Labute approximate surface area is 82.4 Å². The molecule has 0 aliphatic carbocycles. The Kier molecular flexibility index (Phi) is 2.49. The zero-order valence-corrected chi connectivity index (χ0v) is 8.35. The molecule has 1 N–H and O–H groups in total. The van der Waals surface area contributed by atoms with Crippen LogP contribution in [-0.4, -0.2) is 57.3 Å². The summed E-state index contributed by atoms with van der Waals surface area (Å²) in [6, 6.07) is 0. The number of likely N-dealkylation sites (tertiary alicyclic amines) is 1. The van der Waals surface area contributed by atoms with Crippen molar-refractivity contribution in [3.8, 4) is 0 Å². The van der Waals surface area contributed by atoms with E-state index in [0.29, 0.717) is 0 Å². The number of hydrogen-bond donors (Lipinski definition) is 1. The number of rotatable bonds is 4. The van der Waals surface area contributed by atoms with Gasteiger partial charge in [-0.1, -0.05) is 0 Å². The molecule has 0 radical (unpaired) electrons. The SMILES string of the molecule is CNCC(F)(F)CN1CC2(COC2)C1. The van der Waals surface area contributed by atoms with Gasteiger partial charge in [-0.05, 0) is 7.05 Å². The minimum Gasteiger partial charge on any atom is -0.380 e. The molecule has 2 heterocycles. The summed E-state index contributed by atoms with van der Waals surface area (Å²) in [5.41, 5.74) is 0.232. The molecule has 0 saturated carbocycles. The van der Waals surface area contributed by atoms with Crippen LogP contribution in [0.15, 0.2) is 0 Å². The molecule has 2 aliphatic heterocycles. The third-order valence-corrected chi connectivity index (χ3v) is 2.82. The molecule has 0 aromatic heterocycles. The van der Waals surface area contributed by atoms with Gasteiger partial charge in [0.2, 0.25) is 0 Å². The second kappa shape index (κ2) is 3.40. The standard InChI is InChI=1S/C9H16F2N2O/c1-12-2-9(10,11)5-13-3-8(4-13)6-14-7-8/h12H,2-7H2,1H3. The van der Waals surface area contributed by atoms with Gasteiger partial charge in [0.1, 0.15) is 0 Å². The molecule has 3 nitrogen and oxygen atoms in total. The molecule has 0 unspecified atom stereocenters. The van der Waals surface area contributed by atoms with Gasteiger partial charge in [0, 0.05) is 18.5 Å². The number of alkyl halides is 2. The summed E-state index contributed by atoms with van der Waals surface area (Å²) in [4.78, 5) is 1.81. The van der Waals surface area contributed by atoms with Gasteiger partial charge in [0.25, 0.3) is 5.92 Å². The van der Waals surface area contributed by atoms with Crippen LogP contribution in [-0.2, 0) is 4.74 Å². The molecule has 2 rings (SSSR count). The second-order valence-corrected chi connectivity index (χ2v) is 4.52. The molecule has 2 aliphatic rings. The van der Waals surface area contributed by atoms with Crippen molar-refractivity contribution in [1.29, 1.82) is 0 Å². The summed E-state index contributed by atoms with van der Waals surface area (Å²) in [6.07, 6.45) is 0. The van der Waals surface area contributed by atoms with E-state index in [4.69, 9.17) is 4.74 Å². The number of hydrogen-bond acceptors (Lipinski definition) is 3. The van der Waals surface area contributed by atoms with Gasteiger partial charge in [-0.15, -0.1) is 0 Å². The van der Waals surface area contributed by atoms with E-state index < -0.39 is 5.92 Å². The largest absolute Gasteiger partial charge is 0.380 e. The minimum atomic E-state index is -2.61. The molecular formula is C9H16F2N2O. The van der Waals surface area contributed by atoms with E-state index in [9.17, 15) is 8.78 Å².